The van der Waals surface area contributed by atoms with E-state index in [0.29, 0.717) is 18.3 Å². The number of likely N-dealkylation sites (tertiary alicyclic amines) is 1. The number of sulfonamides is 1. The fourth-order valence-electron chi connectivity index (χ4n) is 3.35. The molecule has 1 saturated heterocycles. The molecule has 1 aliphatic rings. The molecule has 0 amide bonds. The van der Waals surface area contributed by atoms with Crippen LogP contribution >= 0.6 is 0 Å². The molecule has 152 valence electrons. The second-order valence-corrected chi connectivity index (χ2v) is 8.87. The molecule has 8 heteroatoms. The Morgan fingerprint density at radius 2 is 2.04 bits per heavy atom. The van der Waals surface area contributed by atoms with Crippen molar-refractivity contribution in [2.24, 2.45) is 4.99 Å². The first kappa shape index (κ1) is 21.5. The van der Waals surface area contributed by atoms with Crippen LogP contribution in [0.3, 0.4) is 0 Å². The Labute approximate surface area is 163 Å². The summed E-state index contributed by atoms with van der Waals surface area (Å²) in [5, 5.41) is 6.58. The van der Waals surface area contributed by atoms with Crippen molar-refractivity contribution in [1.29, 1.82) is 0 Å². The van der Waals surface area contributed by atoms with Gasteiger partial charge < -0.3 is 15.5 Å². The lowest BCUT2D eigenvalue weighted by atomic mass is 10.0. The lowest BCUT2D eigenvalue weighted by Crippen LogP contribution is -2.41. The van der Waals surface area contributed by atoms with Gasteiger partial charge in [0.25, 0.3) is 0 Å². The van der Waals surface area contributed by atoms with E-state index >= 15 is 0 Å². The van der Waals surface area contributed by atoms with Crippen LogP contribution in [0.4, 0.5) is 5.69 Å². The Morgan fingerprint density at radius 1 is 1.26 bits per heavy atom. The summed E-state index contributed by atoms with van der Waals surface area (Å²) in [6, 6.07) is 8.04. The van der Waals surface area contributed by atoms with Crippen LogP contribution in [0.1, 0.15) is 38.2 Å². The van der Waals surface area contributed by atoms with Crippen LogP contribution in [-0.2, 0) is 16.6 Å². The van der Waals surface area contributed by atoms with Gasteiger partial charge >= 0.3 is 0 Å². The summed E-state index contributed by atoms with van der Waals surface area (Å²) < 4.78 is 25.6. The van der Waals surface area contributed by atoms with E-state index in [1.165, 1.54) is 25.8 Å². The zero-order valence-corrected chi connectivity index (χ0v) is 17.5. The summed E-state index contributed by atoms with van der Waals surface area (Å²) in [7, 11) is -1.57. The third-order valence-corrected chi connectivity index (χ3v) is 5.43. The Morgan fingerprint density at radius 3 is 2.74 bits per heavy atom. The summed E-state index contributed by atoms with van der Waals surface area (Å²) in [5.41, 5.74) is 1.45. The monoisotopic (exact) mass is 395 g/mol. The van der Waals surface area contributed by atoms with Gasteiger partial charge in [-0.15, -0.1) is 0 Å². The maximum Gasteiger partial charge on any atom is 0.229 e. The van der Waals surface area contributed by atoms with Gasteiger partial charge in [0, 0.05) is 32.7 Å². The van der Waals surface area contributed by atoms with Crippen LogP contribution in [0.25, 0.3) is 0 Å². The summed E-state index contributed by atoms with van der Waals surface area (Å²) in [5.74, 6) is 0.718. The van der Waals surface area contributed by atoms with E-state index < -0.39 is 10.0 Å². The standard InChI is InChI=1S/C19H33N5O2S/c1-16-9-6-7-13-24(16)14-8-12-21-19(20-2)22-15-17-10-4-5-11-18(17)23-27(3,25)26/h4-5,10-11,16,23H,6-9,12-15H2,1-3H3,(H2,20,21,22). The van der Waals surface area contributed by atoms with Crippen molar-refractivity contribution in [3.63, 3.8) is 0 Å². The van der Waals surface area contributed by atoms with Gasteiger partial charge in [-0.05, 0) is 44.4 Å². The average molecular weight is 396 g/mol. The molecule has 1 aromatic carbocycles. The molecule has 27 heavy (non-hydrogen) atoms. The SMILES string of the molecule is CN=C(NCCCN1CCCCC1C)NCc1ccccc1NS(C)(=O)=O. The highest BCUT2D eigenvalue weighted by atomic mass is 32.2. The van der Waals surface area contributed by atoms with Gasteiger partial charge in [0.05, 0.1) is 11.9 Å². The number of benzene rings is 1. The van der Waals surface area contributed by atoms with Crippen LogP contribution in [0.2, 0.25) is 0 Å². The number of piperidine rings is 1. The first-order chi connectivity index (χ1) is 12.9. The Kier molecular flexibility index (Phi) is 8.37. The largest absolute Gasteiger partial charge is 0.356 e. The zero-order chi connectivity index (χ0) is 19.7. The third-order valence-electron chi connectivity index (χ3n) is 4.84. The number of anilines is 1. The molecule has 1 atom stereocenters. The van der Waals surface area contributed by atoms with Crippen molar-refractivity contribution in [3.8, 4) is 0 Å². The molecule has 0 saturated carbocycles. The maximum absolute atomic E-state index is 11.5. The number of nitrogens with one attached hydrogen (secondary N) is 3. The Balaban J connectivity index is 1.77. The molecule has 0 radical (unpaired) electrons. The number of aliphatic imine (C=N–C) groups is 1. The van der Waals surface area contributed by atoms with Gasteiger partial charge in [0.2, 0.25) is 10.0 Å². The molecule has 0 bridgehead atoms. The van der Waals surface area contributed by atoms with Crippen molar-refractivity contribution in [3.05, 3.63) is 29.8 Å². The first-order valence-electron chi connectivity index (χ1n) is 9.63. The normalized spacial score (nSPS) is 18.9. The molecule has 1 fully saturated rings. The van der Waals surface area contributed by atoms with Crippen molar-refractivity contribution < 1.29 is 8.42 Å². The minimum atomic E-state index is -3.30. The minimum Gasteiger partial charge on any atom is -0.356 e. The number of hydrogen-bond donors (Lipinski definition) is 3. The molecule has 1 aromatic rings. The first-order valence-corrected chi connectivity index (χ1v) is 11.5. The van der Waals surface area contributed by atoms with Crippen molar-refractivity contribution in [2.45, 2.75) is 45.2 Å². The van der Waals surface area contributed by atoms with E-state index in [9.17, 15) is 8.42 Å². The van der Waals surface area contributed by atoms with Crippen molar-refractivity contribution in [2.75, 3.05) is 37.7 Å². The predicted molar refractivity (Wildman–Crippen MR) is 113 cm³/mol. The van der Waals surface area contributed by atoms with E-state index in [4.69, 9.17) is 0 Å². The van der Waals surface area contributed by atoms with E-state index in [2.05, 4.69) is 32.2 Å². The molecule has 2 rings (SSSR count). The summed E-state index contributed by atoms with van der Waals surface area (Å²) in [6.45, 7) is 5.97. The zero-order valence-electron chi connectivity index (χ0n) is 16.7. The van der Waals surface area contributed by atoms with Gasteiger partial charge in [-0.3, -0.25) is 9.71 Å². The van der Waals surface area contributed by atoms with Crippen LogP contribution in [0.15, 0.2) is 29.3 Å². The fraction of sp³-hybridized carbons (Fsp3) is 0.632. The van der Waals surface area contributed by atoms with Crippen LogP contribution in [0, 0.1) is 0 Å². The van der Waals surface area contributed by atoms with Gasteiger partial charge in [-0.2, -0.15) is 0 Å². The van der Waals surface area contributed by atoms with Crippen LogP contribution in [0.5, 0.6) is 0 Å². The smallest absolute Gasteiger partial charge is 0.229 e. The molecule has 1 aliphatic heterocycles. The Bertz CT molecular complexity index is 721. The predicted octanol–water partition coefficient (Wildman–Crippen LogP) is 1.99. The quantitative estimate of drug-likeness (QED) is 0.356. The number of nitrogens with zero attached hydrogens (tertiary/aromatic N) is 2. The molecular weight excluding hydrogens is 362 g/mol. The number of para-hydroxylation sites is 1. The highest BCUT2D eigenvalue weighted by Crippen LogP contribution is 2.17. The number of hydrogen-bond acceptors (Lipinski definition) is 4. The molecule has 0 spiro atoms. The average Bonchev–Trinajstić information content (AvgIpc) is 2.62. The second kappa shape index (κ2) is 10.5. The molecule has 1 unspecified atom stereocenters. The van der Waals surface area contributed by atoms with E-state index in [1.54, 1.807) is 13.1 Å². The van der Waals surface area contributed by atoms with E-state index in [-0.39, 0.29) is 0 Å². The highest BCUT2D eigenvalue weighted by Gasteiger charge is 2.17. The highest BCUT2D eigenvalue weighted by molar-refractivity contribution is 7.92. The van der Waals surface area contributed by atoms with Gasteiger partial charge in [0.1, 0.15) is 0 Å². The molecule has 3 N–H and O–H groups in total. The minimum absolute atomic E-state index is 0.488. The van der Waals surface area contributed by atoms with Crippen molar-refractivity contribution in [1.82, 2.24) is 15.5 Å². The number of guanidine groups is 1. The molecule has 0 aliphatic carbocycles. The lowest BCUT2D eigenvalue weighted by Gasteiger charge is -2.33. The summed E-state index contributed by atoms with van der Waals surface area (Å²) >= 11 is 0. The molecule has 1 heterocycles. The molecular formula is C19H33N5O2S. The topological polar surface area (TPSA) is 85.8 Å². The molecule has 7 nitrogen and oxygen atoms in total. The lowest BCUT2D eigenvalue weighted by molar-refractivity contribution is 0.159. The summed E-state index contributed by atoms with van der Waals surface area (Å²) in [4.78, 5) is 6.81. The fourth-order valence-corrected chi connectivity index (χ4v) is 3.95. The van der Waals surface area contributed by atoms with Gasteiger partial charge in [-0.1, -0.05) is 24.6 Å². The van der Waals surface area contributed by atoms with Gasteiger partial charge in [0.15, 0.2) is 5.96 Å². The second-order valence-electron chi connectivity index (χ2n) is 7.12. The van der Waals surface area contributed by atoms with E-state index in [1.807, 2.05) is 18.2 Å². The maximum atomic E-state index is 11.5. The van der Waals surface area contributed by atoms with Crippen molar-refractivity contribution >= 4 is 21.7 Å². The third kappa shape index (κ3) is 7.76. The van der Waals surface area contributed by atoms with Crippen LogP contribution < -0.4 is 15.4 Å². The Hall–Kier alpha value is -1.80. The molecule has 0 aromatic heterocycles. The number of rotatable bonds is 8. The summed E-state index contributed by atoms with van der Waals surface area (Å²) in [6.07, 6.45) is 6.18. The van der Waals surface area contributed by atoms with Gasteiger partial charge in [-0.25, -0.2) is 8.42 Å². The van der Waals surface area contributed by atoms with Crippen LogP contribution in [-0.4, -0.2) is 58.3 Å². The van der Waals surface area contributed by atoms with E-state index in [0.717, 1.165) is 37.3 Å².